The predicted octanol–water partition coefficient (Wildman–Crippen LogP) is 4.85. The first kappa shape index (κ1) is 23.8. The van der Waals surface area contributed by atoms with Gasteiger partial charge in [0.2, 0.25) is 5.91 Å². The summed E-state index contributed by atoms with van der Waals surface area (Å²) in [6.45, 7) is 11.9. The molecule has 1 aliphatic carbocycles. The Morgan fingerprint density at radius 2 is 1.55 bits per heavy atom. The largest absolute Gasteiger partial charge is 0.458 e. The van der Waals surface area contributed by atoms with Crippen molar-refractivity contribution in [3.8, 4) is 0 Å². The monoisotopic (exact) mass is 428 g/mol. The summed E-state index contributed by atoms with van der Waals surface area (Å²) < 4.78 is 5.86. The van der Waals surface area contributed by atoms with Gasteiger partial charge in [0.05, 0.1) is 6.04 Å². The SMILES string of the molecule is CC(C)(C)OC(=O)[C@H]1[C@H](C(C)(C)C)[C@@H](N)[C@@H](c2ccccc2)N1C(=O)C1CCCCC1. The molecule has 2 aliphatic rings. The highest BCUT2D eigenvalue weighted by Crippen LogP contribution is 2.48. The van der Waals surface area contributed by atoms with Gasteiger partial charge in [-0.25, -0.2) is 4.79 Å². The molecule has 0 spiro atoms. The van der Waals surface area contributed by atoms with E-state index in [4.69, 9.17) is 10.5 Å². The van der Waals surface area contributed by atoms with Crippen LogP contribution >= 0.6 is 0 Å². The number of likely N-dealkylation sites (tertiary alicyclic amines) is 1. The first-order chi connectivity index (χ1) is 14.4. The van der Waals surface area contributed by atoms with E-state index in [1.807, 2.05) is 56.0 Å². The van der Waals surface area contributed by atoms with Crippen molar-refractivity contribution in [1.82, 2.24) is 4.90 Å². The fraction of sp³-hybridized carbons (Fsp3) is 0.692. The van der Waals surface area contributed by atoms with Gasteiger partial charge >= 0.3 is 5.97 Å². The van der Waals surface area contributed by atoms with Crippen LogP contribution in [0.2, 0.25) is 0 Å². The molecule has 0 radical (unpaired) electrons. The van der Waals surface area contributed by atoms with Gasteiger partial charge in [-0.3, -0.25) is 4.79 Å². The first-order valence-electron chi connectivity index (χ1n) is 11.8. The molecule has 5 heteroatoms. The van der Waals surface area contributed by atoms with Crippen molar-refractivity contribution in [2.45, 2.75) is 97.4 Å². The van der Waals surface area contributed by atoms with Crippen LogP contribution in [-0.2, 0) is 14.3 Å². The maximum absolute atomic E-state index is 13.9. The van der Waals surface area contributed by atoms with Gasteiger partial charge in [0.15, 0.2) is 0 Å². The maximum atomic E-state index is 13.9. The Morgan fingerprint density at radius 1 is 0.968 bits per heavy atom. The van der Waals surface area contributed by atoms with E-state index in [-0.39, 0.29) is 41.2 Å². The lowest BCUT2D eigenvalue weighted by Gasteiger charge is -2.38. The lowest BCUT2D eigenvalue weighted by molar-refractivity contribution is -0.168. The van der Waals surface area contributed by atoms with E-state index in [0.717, 1.165) is 31.2 Å². The summed E-state index contributed by atoms with van der Waals surface area (Å²) in [7, 11) is 0. The molecule has 0 bridgehead atoms. The lowest BCUT2D eigenvalue weighted by Crippen LogP contribution is -2.51. The number of nitrogens with two attached hydrogens (primary N) is 1. The van der Waals surface area contributed by atoms with Crippen LogP contribution in [0, 0.1) is 17.3 Å². The van der Waals surface area contributed by atoms with Crippen molar-refractivity contribution in [2.75, 3.05) is 0 Å². The Bertz CT molecular complexity index is 772. The molecule has 1 amide bonds. The number of rotatable bonds is 3. The van der Waals surface area contributed by atoms with Gasteiger partial charge in [-0.2, -0.15) is 0 Å². The topological polar surface area (TPSA) is 72.6 Å². The molecule has 1 aromatic carbocycles. The highest BCUT2D eigenvalue weighted by atomic mass is 16.6. The summed E-state index contributed by atoms with van der Waals surface area (Å²) in [5.41, 5.74) is 6.98. The van der Waals surface area contributed by atoms with Crippen LogP contribution in [0.4, 0.5) is 0 Å². The number of esters is 1. The summed E-state index contributed by atoms with van der Waals surface area (Å²) in [6.07, 6.45) is 5.06. The number of amides is 1. The molecule has 0 unspecified atom stereocenters. The average molecular weight is 429 g/mol. The third-order valence-electron chi connectivity index (χ3n) is 6.72. The molecule has 4 atom stereocenters. The second-order valence-corrected chi connectivity index (χ2v) is 11.4. The van der Waals surface area contributed by atoms with E-state index in [1.54, 1.807) is 0 Å². The minimum absolute atomic E-state index is 0.0455. The molecule has 1 saturated carbocycles. The fourth-order valence-electron chi connectivity index (χ4n) is 5.48. The van der Waals surface area contributed by atoms with E-state index < -0.39 is 11.6 Å². The van der Waals surface area contributed by atoms with Crippen molar-refractivity contribution < 1.29 is 14.3 Å². The number of carbonyl (C=O) groups excluding carboxylic acids is 2. The number of nitrogens with zero attached hydrogens (tertiary/aromatic N) is 1. The normalized spacial score (nSPS) is 27.9. The van der Waals surface area contributed by atoms with Crippen LogP contribution in [0.25, 0.3) is 0 Å². The molecule has 31 heavy (non-hydrogen) atoms. The van der Waals surface area contributed by atoms with E-state index in [2.05, 4.69) is 20.8 Å². The second kappa shape index (κ2) is 8.93. The Labute approximate surface area is 187 Å². The maximum Gasteiger partial charge on any atom is 0.329 e. The Balaban J connectivity index is 2.10. The second-order valence-electron chi connectivity index (χ2n) is 11.4. The van der Waals surface area contributed by atoms with Crippen LogP contribution in [-0.4, -0.2) is 34.5 Å². The standard InChI is InChI=1S/C26H40N2O3/c1-25(2,3)19-20(27)21(17-13-9-7-10-14-17)28(22(19)24(30)31-26(4,5)6)23(29)18-15-11-8-12-16-18/h7,9-10,13-14,18-22H,8,11-12,15-16,27H2,1-6H3/t19-,20-,21-,22-/m1/s1. The van der Waals surface area contributed by atoms with Gasteiger partial charge < -0.3 is 15.4 Å². The molecule has 2 N–H and O–H groups in total. The summed E-state index contributed by atoms with van der Waals surface area (Å²) in [5.74, 6) is -0.534. The molecule has 0 aromatic heterocycles. The van der Waals surface area contributed by atoms with Crippen LogP contribution in [0.5, 0.6) is 0 Å². The Morgan fingerprint density at radius 3 is 2.06 bits per heavy atom. The molecule has 1 aliphatic heterocycles. The highest BCUT2D eigenvalue weighted by Gasteiger charge is 2.58. The third-order valence-corrected chi connectivity index (χ3v) is 6.72. The van der Waals surface area contributed by atoms with Crippen molar-refractivity contribution in [2.24, 2.45) is 23.0 Å². The summed E-state index contributed by atoms with van der Waals surface area (Å²) in [4.78, 5) is 29.3. The fourth-order valence-corrected chi connectivity index (χ4v) is 5.48. The molecule has 1 aromatic rings. The van der Waals surface area contributed by atoms with Gasteiger partial charge in [-0.1, -0.05) is 70.4 Å². The summed E-state index contributed by atoms with van der Waals surface area (Å²) in [6, 6.07) is 8.56. The van der Waals surface area contributed by atoms with E-state index >= 15 is 0 Å². The molecule has 3 rings (SSSR count). The third kappa shape index (κ3) is 5.14. The van der Waals surface area contributed by atoms with Gasteiger partial charge in [-0.05, 0) is 44.6 Å². The molecule has 172 valence electrons. The number of ether oxygens (including phenoxy) is 1. The quantitative estimate of drug-likeness (QED) is 0.699. The number of carbonyl (C=O) groups is 2. The zero-order valence-corrected chi connectivity index (χ0v) is 20.1. The van der Waals surface area contributed by atoms with E-state index in [1.165, 1.54) is 6.42 Å². The van der Waals surface area contributed by atoms with Gasteiger partial charge in [-0.15, -0.1) is 0 Å². The molecule has 5 nitrogen and oxygen atoms in total. The smallest absolute Gasteiger partial charge is 0.329 e. The van der Waals surface area contributed by atoms with E-state index in [0.29, 0.717) is 0 Å². The molecule has 2 fully saturated rings. The zero-order chi connectivity index (χ0) is 23.0. The average Bonchev–Trinajstić information content (AvgIpc) is 3.01. The minimum atomic E-state index is -0.686. The van der Waals surface area contributed by atoms with Crippen molar-refractivity contribution in [3.63, 3.8) is 0 Å². The number of hydrogen-bond acceptors (Lipinski definition) is 4. The predicted molar refractivity (Wildman–Crippen MR) is 123 cm³/mol. The van der Waals surface area contributed by atoms with E-state index in [9.17, 15) is 9.59 Å². The molecule has 1 saturated heterocycles. The number of hydrogen-bond donors (Lipinski definition) is 1. The highest BCUT2D eigenvalue weighted by molar-refractivity contribution is 5.88. The molecule has 1 heterocycles. The zero-order valence-electron chi connectivity index (χ0n) is 20.1. The summed E-state index contributed by atoms with van der Waals surface area (Å²) >= 11 is 0. The van der Waals surface area contributed by atoms with Crippen molar-refractivity contribution in [1.29, 1.82) is 0 Å². The molecular formula is C26H40N2O3. The Kier molecular flexibility index (Phi) is 6.85. The van der Waals surface area contributed by atoms with Crippen LogP contribution < -0.4 is 5.73 Å². The first-order valence-corrected chi connectivity index (χ1v) is 11.8. The van der Waals surface area contributed by atoms with Crippen molar-refractivity contribution in [3.05, 3.63) is 35.9 Å². The van der Waals surface area contributed by atoms with Crippen LogP contribution in [0.1, 0.15) is 85.3 Å². The van der Waals surface area contributed by atoms with Crippen LogP contribution in [0.15, 0.2) is 30.3 Å². The van der Waals surface area contributed by atoms with Gasteiger partial charge in [0.25, 0.3) is 0 Å². The minimum Gasteiger partial charge on any atom is -0.458 e. The van der Waals surface area contributed by atoms with Crippen molar-refractivity contribution >= 4 is 11.9 Å². The summed E-state index contributed by atoms with van der Waals surface area (Å²) in [5, 5.41) is 0. The van der Waals surface area contributed by atoms with Gasteiger partial charge in [0, 0.05) is 17.9 Å². The Hall–Kier alpha value is -1.88. The van der Waals surface area contributed by atoms with Gasteiger partial charge in [0.1, 0.15) is 11.6 Å². The van der Waals surface area contributed by atoms with Crippen LogP contribution in [0.3, 0.4) is 0 Å². The number of benzene rings is 1. The molecular weight excluding hydrogens is 388 g/mol. The lowest BCUT2D eigenvalue weighted by atomic mass is 9.73.